The minimum Gasteiger partial charge on any atom is -0.436 e. The molecule has 2 N–H and O–H groups in total. The van der Waals surface area contributed by atoms with Gasteiger partial charge in [-0.15, -0.1) is 0 Å². The van der Waals surface area contributed by atoms with Gasteiger partial charge in [-0.25, -0.2) is 15.0 Å². The highest BCUT2D eigenvalue weighted by molar-refractivity contribution is 7.99. The average molecular weight is 250 g/mol. The van der Waals surface area contributed by atoms with Gasteiger partial charge in [0.25, 0.3) is 5.22 Å². The number of nitrogens with zero attached hydrogens (tertiary/aromatic N) is 3. The molecule has 0 radical (unpaired) electrons. The van der Waals surface area contributed by atoms with Crippen molar-refractivity contribution in [3.05, 3.63) is 23.3 Å². The van der Waals surface area contributed by atoms with E-state index < -0.39 is 0 Å². The molecule has 6 heteroatoms. The van der Waals surface area contributed by atoms with Crippen LogP contribution in [0.25, 0.3) is 0 Å². The lowest BCUT2D eigenvalue weighted by Crippen LogP contribution is -2.00. The van der Waals surface area contributed by atoms with E-state index in [9.17, 15) is 0 Å². The van der Waals surface area contributed by atoms with Gasteiger partial charge in [0.05, 0.1) is 5.69 Å². The number of hydrogen-bond acceptors (Lipinski definition) is 6. The highest BCUT2D eigenvalue weighted by atomic mass is 32.2. The second kappa shape index (κ2) is 4.75. The van der Waals surface area contributed by atoms with Gasteiger partial charge in [-0.1, -0.05) is 6.92 Å². The molecule has 2 heterocycles. The van der Waals surface area contributed by atoms with Crippen molar-refractivity contribution in [3.8, 4) is 0 Å². The molecule has 0 saturated heterocycles. The van der Waals surface area contributed by atoms with E-state index in [-0.39, 0.29) is 0 Å². The summed E-state index contributed by atoms with van der Waals surface area (Å²) >= 11 is 1.38. The third-order valence-corrected chi connectivity index (χ3v) is 3.38. The zero-order chi connectivity index (χ0) is 12.4. The molecule has 0 atom stereocenters. The zero-order valence-electron chi connectivity index (χ0n) is 10.0. The molecule has 2 rings (SSSR count). The van der Waals surface area contributed by atoms with Crippen LogP contribution in [0.15, 0.2) is 21.0 Å². The van der Waals surface area contributed by atoms with Crippen LogP contribution in [-0.2, 0) is 6.42 Å². The molecule has 0 spiro atoms. The highest BCUT2D eigenvalue weighted by Gasteiger charge is 2.13. The third kappa shape index (κ3) is 2.41. The molecule has 0 fully saturated rings. The number of rotatable bonds is 3. The van der Waals surface area contributed by atoms with Crippen molar-refractivity contribution in [2.24, 2.45) is 0 Å². The van der Waals surface area contributed by atoms with E-state index >= 15 is 0 Å². The molecule has 2 aromatic heterocycles. The highest BCUT2D eigenvalue weighted by Crippen LogP contribution is 2.30. The van der Waals surface area contributed by atoms with Gasteiger partial charge in [0.1, 0.15) is 22.9 Å². The van der Waals surface area contributed by atoms with Crippen LogP contribution in [-0.4, -0.2) is 15.0 Å². The van der Waals surface area contributed by atoms with E-state index in [0.29, 0.717) is 11.0 Å². The molecule has 0 aliphatic rings. The second-order valence-electron chi connectivity index (χ2n) is 3.62. The Morgan fingerprint density at radius 2 is 2.12 bits per heavy atom. The van der Waals surface area contributed by atoms with Crippen molar-refractivity contribution < 1.29 is 4.42 Å². The maximum Gasteiger partial charge on any atom is 0.262 e. The summed E-state index contributed by atoms with van der Waals surface area (Å²) < 4.78 is 5.51. The van der Waals surface area contributed by atoms with Crippen molar-refractivity contribution in [3.63, 3.8) is 0 Å². The summed E-state index contributed by atoms with van der Waals surface area (Å²) in [7, 11) is 0. The van der Waals surface area contributed by atoms with Crippen molar-refractivity contribution in [1.29, 1.82) is 0 Å². The first-order valence-corrected chi connectivity index (χ1v) is 6.14. The molecule has 17 heavy (non-hydrogen) atoms. The standard InChI is InChI=1S/C11H14N4OS/c1-4-8-9(12)13-5-14-10(8)17-11-15-6(2)7(3)16-11/h5H,4H2,1-3H3,(H2,12,13,14). The molecule has 0 unspecified atom stereocenters. The van der Waals surface area contributed by atoms with Crippen LogP contribution in [0, 0.1) is 13.8 Å². The van der Waals surface area contributed by atoms with Crippen LogP contribution < -0.4 is 5.73 Å². The Bertz CT molecular complexity index is 519. The van der Waals surface area contributed by atoms with Crippen molar-refractivity contribution >= 4 is 17.6 Å². The number of hydrogen-bond donors (Lipinski definition) is 1. The Hall–Kier alpha value is -1.56. The Morgan fingerprint density at radius 1 is 1.35 bits per heavy atom. The van der Waals surface area contributed by atoms with Crippen molar-refractivity contribution in [2.45, 2.75) is 37.4 Å². The van der Waals surface area contributed by atoms with Gasteiger partial charge in [-0.05, 0) is 32.0 Å². The maximum atomic E-state index is 5.81. The topological polar surface area (TPSA) is 77.8 Å². The summed E-state index contributed by atoms with van der Waals surface area (Å²) in [6.45, 7) is 5.82. The molecular formula is C11H14N4OS. The van der Waals surface area contributed by atoms with Gasteiger partial charge in [-0.3, -0.25) is 0 Å². The van der Waals surface area contributed by atoms with Gasteiger partial charge in [0.2, 0.25) is 0 Å². The summed E-state index contributed by atoms with van der Waals surface area (Å²) in [5.41, 5.74) is 7.64. The Balaban J connectivity index is 2.32. The minimum absolute atomic E-state index is 0.519. The van der Waals surface area contributed by atoms with Crippen LogP contribution in [0.2, 0.25) is 0 Å². The number of anilines is 1. The quantitative estimate of drug-likeness (QED) is 0.843. The van der Waals surface area contributed by atoms with Gasteiger partial charge < -0.3 is 10.2 Å². The number of nitrogen functional groups attached to an aromatic ring is 1. The van der Waals surface area contributed by atoms with Crippen LogP contribution in [0.1, 0.15) is 23.9 Å². The van der Waals surface area contributed by atoms with Gasteiger partial charge in [0, 0.05) is 5.56 Å². The number of aryl methyl sites for hydroxylation is 2. The first-order chi connectivity index (χ1) is 8.11. The minimum atomic E-state index is 0.519. The van der Waals surface area contributed by atoms with E-state index in [1.807, 2.05) is 20.8 Å². The lowest BCUT2D eigenvalue weighted by atomic mass is 10.2. The van der Waals surface area contributed by atoms with Gasteiger partial charge in [0.15, 0.2) is 0 Å². The average Bonchev–Trinajstić information content (AvgIpc) is 2.58. The lowest BCUT2D eigenvalue weighted by molar-refractivity contribution is 0.431. The first-order valence-electron chi connectivity index (χ1n) is 5.33. The fourth-order valence-electron chi connectivity index (χ4n) is 1.40. The molecular weight excluding hydrogens is 236 g/mol. The van der Waals surface area contributed by atoms with E-state index in [1.54, 1.807) is 0 Å². The second-order valence-corrected chi connectivity index (χ2v) is 4.56. The predicted molar refractivity (Wildman–Crippen MR) is 65.9 cm³/mol. The predicted octanol–water partition coefficient (Wildman–Crippen LogP) is 2.38. The first kappa shape index (κ1) is 11.9. The zero-order valence-corrected chi connectivity index (χ0v) is 10.8. The summed E-state index contributed by atoms with van der Waals surface area (Å²) in [4.78, 5) is 12.5. The molecule has 0 bridgehead atoms. The summed E-state index contributed by atoms with van der Waals surface area (Å²) in [6, 6.07) is 0. The van der Waals surface area contributed by atoms with Crippen LogP contribution in [0.4, 0.5) is 5.82 Å². The number of nitrogens with two attached hydrogens (primary N) is 1. The molecule has 0 amide bonds. The van der Waals surface area contributed by atoms with E-state index in [2.05, 4.69) is 15.0 Å². The summed E-state index contributed by atoms with van der Waals surface area (Å²) in [5, 5.41) is 1.40. The van der Waals surface area contributed by atoms with E-state index in [1.165, 1.54) is 18.1 Å². The molecule has 2 aromatic rings. The maximum absolute atomic E-state index is 5.81. The van der Waals surface area contributed by atoms with Gasteiger partial charge in [-0.2, -0.15) is 0 Å². The molecule has 0 aliphatic carbocycles. The molecule has 0 aromatic carbocycles. The largest absolute Gasteiger partial charge is 0.436 e. The number of aromatic nitrogens is 3. The molecule has 0 aliphatic heterocycles. The van der Waals surface area contributed by atoms with Gasteiger partial charge >= 0.3 is 0 Å². The fourth-order valence-corrected chi connectivity index (χ4v) is 2.39. The fraction of sp³-hybridized carbons (Fsp3) is 0.364. The lowest BCUT2D eigenvalue weighted by Gasteiger charge is -2.05. The SMILES string of the molecule is CCc1c(N)ncnc1Sc1nc(C)c(C)o1. The summed E-state index contributed by atoms with van der Waals surface area (Å²) in [6.07, 6.45) is 2.24. The molecule has 5 nitrogen and oxygen atoms in total. The Morgan fingerprint density at radius 3 is 2.71 bits per heavy atom. The Labute approximate surface area is 104 Å². The van der Waals surface area contributed by atoms with E-state index in [4.69, 9.17) is 10.2 Å². The molecule has 0 saturated carbocycles. The Kier molecular flexibility index (Phi) is 3.33. The van der Waals surface area contributed by atoms with Crippen LogP contribution in [0.5, 0.6) is 0 Å². The normalized spacial score (nSPS) is 10.8. The smallest absolute Gasteiger partial charge is 0.262 e. The monoisotopic (exact) mass is 250 g/mol. The van der Waals surface area contributed by atoms with Crippen LogP contribution in [0.3, 0.4) is 0 Å². The third-order valence-electron chi connectivity index (χ3n) is 2.49. The van der Waals surface area contributed by atoms with Crippen molar-refractivity contribution in [2.75, 3.05) is 5.73 Å². The molecule has 90 valence electrons. The number of oxazole rings is 1. The van der Waals surface area contributed by atoms with Crippen molar-refractivity contribution in [1.82, 2.24) is 15.0 Å². The van der Waals surface area contributed by atoms with E-state index in [0.717, 1.165) is 28.5 Å². The summed E-state index contributed by atoms with van der Waals surface area (Å²) in [5.74, 6) is 1.34. The van der Waals surface area contributed by atoms with Crippen LogP contribution >= 0.6 is 11.8 Å².